The summed E-state index contributed by atoms with van der Waals surface area (Å²) in [5.41, 5.74) is 4.51. The molecule has 0 aliphatic carbocycles. The van der Waals surface area contributed by atoms with E-state index >= 15 is 0 Å². The van der Waals surface area contributed by atoms with Gasteiger partial charge >= 0.3 is 0 Å². The Morgan fingerprint density at radius 3 is 1.51 bits per heavy atom. The van der Waals surface area contributed by atoms with Crippen molar-refractivity contribution in [2.45, 2.75) is 24.0 Å². The molecule has 2 N–H and O–H groups in total. The van der Waals surface area contributed by atoms with E-state index < -0.39 is 17.6 Å². The van der Waals surface area contributed by atoms with Crippen LogP contribution < -0.4 is 19.5 Å². The molecule has 0 spiro atoms. The molecule has 11 heteroatoms. The number of aromatic nitrogens is 4. The monoisotopic (exact) mass is 813 g/mol. The van der Waals surface area contributed by atoms with Crippen molar-refractivity contribution >= 4 is 17.1 Å². The molecule has 308 valence electrons. The van der Waals surface area contributed by atoms with Crippen molar-refractivity contribution in [2.75, 3.05) is 39.9 Å². The zero-order valence-electron chi connectivity index (χ0n) is 34.2. The molecule has 2 heterocycles. The second-order valence-electron chi connectivity index (χ2n) is 14.3. The number of benzene rings is 6. The minimum Gasteiger partial charge on any atom is -0.497 e. The molecule has 0 aliphatic heterocycles. The SMILES string of the molecule is COc1ccc(C(Nc2nc(OC)c3ncn(C(O)OCCCOC(c4ccccc4)(c4ccccc4)c4ccc(OC)cc4)c3n2)(c2ccccc2)c2ccccc2)cc1. The fourth-order valence-corrected chi connectivity index (χ4v) is 7.83. The molecule has 0 amide bonds. The van der Waals surface area contributed by atoms with Crippen LogP contribution in [0.5, 0.6) is 17.4 Å². The fourth-order valence-electron chi connectivity index (χ4n) is 7.83. The number of anilines is 1. The first kappa shape index (κ1) is 40.7. The third kappa shape index (κ3) is 8.14. The highest BCUT2D eigenvalue weighted by Crippen LogP contribution is 2.42. The Morgan fingerprint density at radius 2 is 1.02 bits per heavy atom. The number of hydrogen-bond donors (Lipinski definition) is 2. The highest BCUT2D eigenvalue weighted by molar-refractivity contribution is 5.78. The Balaban J connectivity index is 1.07. The molecule has 2 aromatic heterocycles. The second-order valence-corrected chi connectivity index (χ2v) is 14.3. The smallest absolute Gasteiger partial charge is 0.246 e. The molecule has 0 saturated carbocycles. The van der Waals surface area contributed by atoms with Gasteiger partial charge in [-0.05, 0) is 64.1 Å². The lowest BCUT2D eigenvalue weighted by Gasteiger charge is -2.37. The van der Waals surface area contributed by atoms with Crippen LogP contribution in [0.4, 0.5) is 5.95 Å². The van der Waals surface area contributed by atoms with E-state index in [-0.39, 0.29) is 18.4 Å². The summed E-state index contributed by atoms with van der Waals surface area (Å²) >= 11 is 0. The molecule has 0 bridgehead atoms. The van der Waals surface area contributed by atoms with Gasteiger partial charge in [0.25, 0.3) is 0 Å². The third-order valence-corrected chi connectivity index (χ3v) is 10.8. The molecule has 6 aromatic carbocycles. The molecule has 0 saturated heterocycles. The Labute approximate surface area is 355 Å². The molecular formula is C50H47N5O6. The van der Waals surface area contributed by atoms with Crippen molar-refractivity contribution in [3.8, 4) is 17.4 Å². The number of aliphatic hydroxyl groups excluding tert-OH is 1. The van der Waals surface area contributed by atoms with Crippen LogP contribution in [-0.4, -0.2) is 59.2 Å². The summed E-state index contributed by atoms with van der Waals surface area (Å²) in [6, 6.07) is 56.4. The number of hydrogen-bond acceptors (Lipinski definition) is 10. The van der Waals surface area contributed by atoms with E-state index in [4.69, 9.17) is 33.7 Å². The van der Waals surface area contributed by atoms with E-state index in [1.807, 2.05) is 121 Å². The quantitative estimate of drug-likeness (QED) is 0.0493. The molecule has 0 aliphatic rings. The number of aliphatic hydroxyl groups is 1. The number of fused-ring (bicyclic) bond motifs is 1. The van der Waals surface area contributed by atoms with E-state index in [1.54, 1.807) is 14.2 Å². The van der Waals surface area contributed by atoms with Crippen LogP contribution in [0, 0.1) is 0 Å². The molecule has 0 radical (unpaired) electrons. The predicted molar refractivity (Wildman–Crippen MR) is 235 cm³/mol. The first-order chi connectivity index (χ1) is 30.0. The standard InChI is InChI=1S/C50H47N5O6/c1-57-42-29-25-38(26-30-42)49(36-17-8-4-9-18-36,37-19-10-5-11-20-37)54-47-52-45-44(46(53-47)59-3)51-35-55(45)48(56)60-33-16-34-61-50(39-21-12-6-13-22-39,40-23-14-7-15-24-40)41-27-31-43(58-2)32-28-41/h4-15,17-32,35,48,56H,16,33-34H2,1-3H3,(H,52,53,54). The maximum Gasteiger partial charge on any atom is 0.246 e. The number of nitrogens with one attached hydrogen (secondary N) is 1. The van der Waals surface area contributed by atoms with Gasteiger partial charge in [0.2, 0.25) is 18.2 Å². The van der Waals surface area contributed by atoms with Crippen molar-refractivity contribution in [2.24, 2.45) is 0 Å². The number of methoxy groups -OCH3 is 3. The topological polar surface area (TPSA) is 122 Å². The van der Waals surface area contributed by atoms with Crippen molar-refractivity contribution in [3.63, 3.8) is 0 Å². The van der Waals surface area contributed by atoms with Gasteiger partial charge < -0.3 is 34.1 Å². The first-order valence-corrected chi connectivity index (χ1v) is 20.0. The van der Waals surface area contributed by atoms with Crippen molar-refractivity contribution in [1.29, 1.82) is 0 Å². The Kier molecular flexibility index (Phi) is 12.3. The minimum absolute atomic E-state index is 0.166. The summed E-state index contributed by atoms with van der Waals surface area (Å²) in [5.74, 6) is 1.95. The van der Waals surface area contributed by atoms with Gasteiger partial charge in [0.15, 0.2) is 11.2 Å². The van der Waals surface area contributed by atoms with E-state index in [2.05, 4.69) is 58.8 Å². The van der Waals surface area contributed by atoms with Crippen molar-refractivity contribution in [3.05, 3.63) is 210 Å². The minimum atomic E-state index is -1.43. The van der Waals surface area contributed by atoms with Gasteiger partial charge in [-0.15, -0.1) is 0 Å². The van der Waals surface area contributed by atoms with E-state index in [0.29, 0.717) is 24.2 Å². The maximum atomic E-state index is 11.5. The van der Waals surface area contributed by atoms with Gasteiger partial charge in [-0.2, -0.15) is 9.97 Å². The summed E-state index contributed by atoms with van der Waals surface area (Å²) in [6.07, 6.45) is 0.504. The number of nitrogens with zero attached hydrogens (tertiary/aromatic N) is 4. The molecule has 11 nitrogen and oxygen atoms in total. The van der Waals surface area contributed by atoms with Gasteiger partial charge in [0, 0.05) is 0 Å². The van der Waals surface area contributed by atoms with Crippen LogP contribution in [0.1, 0.15) is 46.2 Å². The zero-order valence-corrected chi connectivity index (χ0v) is 34.2. The van der Waals surface area contributed by atoms with E-state index in [0.717, 1.165) is 44.9 Å². The van der Waals surface area contributed by atoms with Gasteiger partial charge in [0.1, 0.15) is 29.0 Å². The highest BCUT2D eigenvalue weighted by Gasteiger charge is 2.39. The van der Waals surface area contributed by atoms with Crippen LogP contribution >= 0.6 is 0 Å². The number of ether oxygens (including phenoxy) is 5. The summed E-state index contributed by atoms with van der Waals surface area (Å²) in [4.78, 5) is 14.3. The van der Waals surface area contributed by atoms with Gasteiger partial charge in [0.05, 0.1) is 34.5 Å². The fraction of sp³-hybridized carbons (Fsp3) is 0.180. The largest absolute Gasteiger partial charge is 0.497 e. The third-order valence-electron chi connectivity index (χ3n) is 10.8. The van der Waals surface area contributed by atoms with Gasteiger partial charge in [-0.3, -0.25) is 4.57 Å². The van der Waals surface area contributed by atoms with E-state index in [9.17, 15) is 5.11 Å². The highest BCUT2D eigenvalue weighted by atomic mass is 16.6. The van der Waals surface area contributed by atoms with E-state index in [1.165, 1.54) is 18.0 Å². The number of imidazole rings is 1. The van der Waals surface area contributed by atoms with Gasteiger partial charge in [-0.1, -0.05) is 146 Å². The average molecular weight is 814 g/mol. The second kappa shape index (κ2) is 18.5. The van der Waals surface area contributed by atoms with Gasteiger partial charge in [-0.25, -0.2) is 4.98 Å². The van der Waals surface area contributed by atoms with Crippen LogP contribution in [0.25, 0.3) is 11.2 Å². The van der Waals surface area contributed by atoms with Crippen molar-refractivity contribution < 1.29 is 28.8 Å². The zero-order chi connectivity index (χ0) is 42.1. The predicted octanol–water partition coefficient (Wildman–Crippen LogP) is 9.12. The molecule has 0 fully saturated rings. The average Bonchev–Trinajstić information content (AvgIpc) is 3.77. The molecule has 1 unspecified atom stereocenters. The molecule has 8 aromatic rings. The molecule has 8 rings (SSSR count). The van der Waals surface area contributed by atoms with Crippen molar-refractivity contribution in [1.82, 2.24) is 19.5 Å². The lowest BCUT2D eigenvalue weighted by Crippen LogP contribution is -2.38. The lowest BCUT2D eigenvalue weighted by atomic mass is 9.77. The number of rotatable bonds is 18. The summed E-state index contributed by atoms with van der Waals surface area (Å²) < 4.78 is 31.2. The molecule has 1 atom stereocenters. The first-order valence-electron chi connectivity index (χ1n) is 20.0. The Morgan fingerprint density at radius 1 is 0.557 bits per heavy atom. The molecular weight excluding hydrogens is 767 g/mol. The summed E-state index contributed by atoms with van der Waals surface area (Å²) in [7, 11) is 4.82. The summed E-state index contributed by atoms with van der Waals surface area (Å²) in [5, 5.41) is 15.2. The Hall–Kier alpha value is -7.05. The lowest BCUT2D eigenvalue weighted by molar-refractivity contribution is -0.154. The molecule has 61 heavy (non-hydrogen) atoms. The van der Waals surface area contributed by atoms with Crippen LogP contribution in [-0.2, 0) is 20.6 Å². The normalized spacial score (nSPS) is 12.2. The van der Waals surface area contributed by atoms with Crippen LogP contribution in [0.15, 0.2) is 176 Å². The van der Waals surface area contributed by atoms with Crippen LogP contribution in [0.2, 0.25) is 0 Å². The maximum absolute atomic E-state index is 11.5. The Bertz CT molecular complexity index is 2530. The summed E-state index contributed by atoms with van der Waals surface area (Å²) in [6.45, 7) is 0.475. The van der Waals surface area contributed by atoms with Crippen LogP contribution in [0.3, 0.4) is 0 Å².